The lowest BCUT2D eigenvalue weighted by Crippen LogP contribution is -2.51. The largest absolute Gasteiger partial charge is 0.390 e. The van der Waals surface area contributed by atoms with Gasteiger partial charge in [-0.1, -0.05) is 29.3 Å². The molecule has 2 rings (SSSR count). The molecule has 0 aliphatic carbocycles. The van der Waals surface area contributed by atoms with Crippen molar-refractivity contribution in [2.75, 3.05) is 32.8 Å². The maximum atomic E-state index is 14.2. The highest BCUT2D eigenvalue weighted by molar-refractivity contribution is 5.32. The Hall–Kier alpha value is -1.04. The summed E-state index contributed by atoms with van der Waals surface area (Å²) in [6.07, 6.45) is 0. The third-order valence-electron chi connectivity index (χ3n) is 3.69. The second kappa shape index (κ2) is 6.16. The highest BCUT2D eigenvalue weighted by Crippen LogP contribution is 2.37. The van der Waals surface area contributed by atoms with Crippen LogP contribution in [-0.4, -0.2) is 48.7 Å². The Bertz CT molecular complexity index is 439. The van der Waals surface area contributed by atoms with Gasteiger partial charge in [-0.25, -0.2) is 8.78 Å². The first-order valence-corrected chi connectivity index (χ1v) is 6.95. The predicted octanol–water partition coefficient (Wildman–Crippen LogP) is 1.88. The summed E-state index contributed by atoms with van der Waals surface area (Å²) in [5.41, 5.74) is 2.52. The maximum absolute atomic E-state index is 14.2. The van der Waals surface area contributed by atoms with Crippen molar-refractivity contribution in [3.8, 4) is 0 Å². The van der Waals surface area contributed by atoms with E-state index in [1.165, 1.54) is 0 Å². The van der Waals surface area contributed by atoms with E-state index >= 15 is 0 Å². The molecule has 1 aromatic rings. The van der Waals surface area contributed by atoms with Crippen molar-refractivity contribution in [3.05, 3.63) is 34.9 Å². The second-order valence-corrected chi connectivity index (χ2v) is 5.53. The van der Waals surface area contributed by atoms with Gasteiger partial charge in [-0.3, -0.25) is 4.90 Å². The third-order valence-corrected chi connectivity index (χ3v) is 3.69. The molecule has 1 heterocycles. The van der Waals surface area contributed by atoms with Crippen LogP contribution >= 0.6 is 0 Å². The standard InChI is InChI=1S/C15H22F2N2O/c1-11-7-12(2)9-13(8-11)14(15(16,17)10-20)19-5-3-18-4-6-19/h7-9,14,18,20H,3-6,10H2,1-2H3/t14-/m0/s1. The average Bonchev–Trinajstić information content (AvgIpc) is 2.39. The van der Waals surface area contributed by atoms with Crippen molar-refractivity contribution < 1.29 is 13.9 Å². The van der Waals surface area contributed by atoms with E-state index < -0.39 is 18.6 Å². The van der Waals surface area contributed by atoms with E-state index in [9.17, 15) is 8.78 Å². The molecule has 0 saturated carbocycles. The molecule has 5 heteroatoms. The number of aryl methyl sites for hydroxylation is 2. The van der Waals surface area contributed by atoms with E-state index in [-0.39, 0.29) is 0 Å². The zero-order valence-corrected chi connectivity index (χ0v) is 12.0. The number of aliphatic hydroxyl groups excluding tert-OH is 1. The van der Waals surface area contributed by atoms with Crippen molar-refractivity contribution in [3.63, 3.8) is 0 Å². The summed E-state index contributed by atoms with van der Waals surface area (Å²) in [7, 11) is 0. The fraction of sp³-hybridized carbons (Fsp3) is 0.600. The van der Waals surface area contributed by atoms with Gasteiger partial charge in [0.1, 0.15) is 12.6 Å². The van der Waals surface area contributed by atoms with E-state index in [1.807, 2.05) is 19.9 Å². The molecule has 2 N–H and O–H groups in total. The summed E-state index contributed by atoms with van der Waals surface area (Å²) in [5.74, 6) is -3.14. The van der Waals surface area contributed by atoms with E-state index in [2.05, 4.69) is 5.32 Å². The van der Waals surface area contributed by atoms with Crippen LogP contribution in [0.4, 0.5) is 8.78 Å². The van der Waals surface area contributed by atoms with Crippen LogP contribution in [-0.2, 0) is 0 Å². The van der Waals surface area contributed by atoms with Crippen LogP contribution in [0.25, 0.3) is 0 Å². The molecule has 0 bridgehead atoms. The van der Waals surface area contributed by atoms with Crippen molar-refractivity contribution in [1.82, 2.24) is 10.2 Å². The Labute approximate surface area is 118 Å². The Kier molecular flexibility index (Phi) is 4.73. The number of rotatable bonds is 4. The van der Waals surface area contributed by atoms with Gasteiger partial charge in [0.15, 0.2) is 0 Å². The highest BCUT2D eigenvalue weighted by Gasteiger charge is 2.44. The lowest BCUT2D eigenvalue weighted by atomic mass is 9.95. The van der Waals surface area contributed by atoms with Gasteiger partial charge in [0.05, 0.1) is 0 Å². The minimum absolute atomic E-state index is 0.563. The molecular weight excluding hydrogens is 262 g/mol. The first-order valence-electron chi connectivity index (χ1n) is 6.95. The Morgan fingerprint density at radius 1 is 1.20 bits per heavy atom. The SMILES string of the molecule is Cc1cc(C)cc([C@H](N2CCNCC2)C(F)(F)CO)c1. The Morgan fingerprint density at radius 2 is 1.75 bits per heavy atom. The number of piperazine rings is 1. The number of aliphatic hydroxyl groups is 1. The quantitative estimate of drug-likeness (QED) is 0.886. The maximum Gasteiger partial charge on any atom is 0.289 e. The molecule has 112 valence electrons. The summed E-state index contributed by atoms with van der Waals surface area (Å²) in [6.45, 7) is 5.20. The van der Waals surface area contributed by atoms with Crippen molar-refractivity contribution in [1.29, 1.82) is 0 Å². The lowest BCUT2D eigenvalue weighted by Gasteiger charge is -2.39. The zero-order valence-electron chi connectivity index (χ0n) is 12.0. The Balaban J connectivity index is 2.39. The second-order valence-electron chi connectivity index (χ2n) is 5.53. The van der Waals surface area contributed by atoms with Gasteiger partial charge in [-0.05, 0) is 19.4 Å². The number of alkyl halides is 2. The molecule has 0 unspecified atom stereocenters. The van der Waals surface area contributed by atoms with Gasteiger partial charge < -0.3 is 10.4 Å². The van der Waals surface area contributed by atoms with E-state index in [1.54, 1.807) is 17.0 Å². The van der Waals surface area contributed by atoms with Gasteiger partial charge in [-0.2, -0.15) is 0 Å². The molecule has 1 aromatic carbocycles. The van der Waals surface area contributed by atoms with Crippen molar-refractivity contribution in [2.24, 2.45) is 0 Å². The van der Waals surface area contributed by atoms with Gasteiger partial charge in [0.25, 0.3) is 5.92 Å². The number of hydrogen-bond acceptors (Lipinski definition) is 3. The van der Waals surface area contributed by atoms with Crippen LogP contribution in [0.5, 0.6) is 0 Å². The van der Waals surface area contributed by atoms with E-state index in [4.69, 9.17) is 5.11 Å². The summed E-state index contributed by atoms with van der Waals surface area (Å²) in [5, 5.41) is 12.3. The highest BCUT2D eigenvalue weighted by atomic mass is 19.3. The van der Waals surface area contributed by atoms with Crippen LogP contribution in [0.2, 0.25) is 0 Å². The zero-order chi connectivity index (χ0) is 14.8. The number of halogens is 2. The number of hydrogen-bond donors (Lipinski definition) is 2. The molecule has 1 atom stereocenters. The number of nitrogens with one attached hydrogen (secondary N) is 1. The van der Waals surface area contributed by atoms with E-state index in [0.717, 1.165) is 11.1 Å². The molecular formula is C15H22F2N2O. The minimum atomic E-state index is -3.14. The van der Waals surface area contributed by atoms with Crippen LogP contribution in [0.15, 0.2) is 18.2 Å². The van der Waals surface area contributed by atoms with Gasteiger partial charge in [0, 0.05) is 26.2 Å². The Morgan fingerprint density at radius 3 is 2.25 bits per heavy atom. The van der Waals surface area contributed by atoms with Crippen LogP contribution in [0.3, 0.4) is 0 Å². The van der Waals surface area contributed by atoms with Gasteiger partial charge in [0.2, 0.25) is 0 Å². The molecule has 0 amide bonds. The molecule has 1 aliphatic rings. The van der Waals surface area contributed by atoms with Gasteiger partial charge >= 0.3 is 0 Å². The fourth-order valence-electron chi connectivity index (χ4n) is 2.92. The molecule has 3 nitrogen and oxygen atoms in total. The summed E-state index contributed by atoms with van der Waals surface area (Å²) in [4.78, 5) is 1.76. The van der Waals surface area contributed by atoms with Crippen LogP contribution in [0.1, 0.15) is 22.7 Å². The normalized spacial score (nSPS) is 19.1. The third kappa shape index (κ3) is 3.34. The molecule has 1 saturated heterocycles. The lowest BCUT2D eigenvalue weighted by molar-refractivity contribution is -0.118. The molecule has 0 aromatic heterocycles. The van der Waals surface area contributed by atoms with Crippen LogP contribution in [0, 0.1) is 13.8 Å². The minimum Gasteiger partial charge on any atom is -0.390 e. The smallest absolute Gasteiger partial charge is 0.289 e. The van der Waals surface area contributed by atoms with Crippen LogP contribution < -0.4 is 5.32 Å². The molecule has 1 aliphatic heterocycles. The molecule has 20 heavy (non-hydrogen) atoms. The number of benzene rings is 1. The van der Waals surface area contributed by atoms with Crippen molar-refractivity contribution in [2.45, 2.75) is 25.8 Å². The first kappa shape index (κ1) is 15.4. The molecule has 0 radical (unpaired) electrons. The van der Waals surface area contributed by atoms with Gasteiger partial charge in [-0.15, -0.1) is 0 Å². The average molecular weight is 284 g/mol. The fourth-order valence-corrected chi connectivity index (χ4v) is 2.92. The topological polar surface area (TPSA) is 35.5 Å². The van der Waals surface area contributed by atoms with Crippen molar-refractivity contribution >= 4 is 0 Å². The first-order chi connectivity index (χ1) is 9.44. The predicted molar refractivity (Wildman–Crippen MR) is 75.1 cm³/mol. The van der Waals surface area contributed by atoms with E-state index in [0.29, 0.717) is 31.7 Å². The molecule has 1 fully saturated rings. The summed E-state index contributed by atoms with van der Waals surface area (Å²) in [6, 6.07) is 4.50. The summed E-state index contributed by atoms with van der Waals surface area (Å²) >= 11 is 0. The monoisotopic (exact) mass is 284 g/mol. The number of nitrogens with zero attached hydrogens (tertiary/aromatic N) is 1. The molecule has 0 spiro atoms. The summed E-state index contributed by atoms with van der Waals surface area (Å²) < 4.78 is 28.5.